The first-order valence-electron chi connectivity index (χ1n) is 11.4. The fourth-order valence-electron chi connectivity index (χ4n) is 4.20. The standard InChI is InChI=1S/C25H31N3O3S2/c1-19-10-15-28(16-11-19)33(30,31)23-7-8-24-21(17-23)12-14-27(24)18-25(29)26-13-9-20-3-5-22(32-2)6-4-20/h3-8,12,14,17,19H,9-11,13,15-16,18H2,1-2H3,(H,26,29). The molecule has 0 atom stereocenters. The van der Waals surface area contributed by atoms with Crippen LogP contribution in [-0.4, -0.2) is 49.1 Å². The van der Waals surface area contributed by atoms with E-state index in [9.17, 15) is 13.2 Å². The molecule has 2 aromatic carbocycles. The van der Waals surface area contributed by atoms with Gasteiger partial charge in [0.05, 0.1) is 4.90 Å². The lowest BCUT2D eigenvalue weighted by molar-refractivity contribution is -0.121. The summed E-state index contributed by atoms with van der Waals surface area (Å²) in [6.07, 6.45) is 6.47. The summed E-state index contributed by atoms with van der Waals surface area (Å²) in [5.41, 5.74) is 2.04. The van der Waals surface area contributed by atoms with E-state index in [0.29, 0.717) is 30.4 Å². The maximum Gasteiger partial charge on any atom is 0.243 e. The Bertz CT molecular complexity index is 1210. The second-order valence-electron chi connectivity index (χ2n) is 8.70. The molecule has 1 N–H and O–H groups in total. The van der Waals surface area contributed by atoms with Gasteiger partial charge in [-0.05, 0) is 73.4 Å². The fourth-order valence-corrected chi connectivity index (χ4v) is 6.11. The Kier molecular flexibility index (Phi) is 7.46. The number of piperidine rings is 1. The van der Waals surface area contributed by atoms with Crippen molar-refractivity contribution in [1.29, 1.82) is 0 Å². The molecule has 0 spiro atoms. The summed E-state index contributed by atoms with van der Waals surface area (Å²) in [6.45, 7) is 4.09. The van der Waals surface area contributed by atoms with Crippen molar-refractivity contribution in [2.75, 3.05) is 25.9 Å². The predicted molar refractivity (Wildman–Crippen MR) is 134 cm³/mol. The van der Waals surface area contributed by atoms with Crippen molar-refractivity contribution in [3.63, 3.8) is 0 Å². The Labute approximate surface area is 200 Å². The molecule has 1 aromatic heterocycles. The quantitative estimate of drug-likeness (QED) is 0.487. The van der Waals surface area contributed by atoms with E-state index in [1.165, 1.54) is 10.5 Å². The van der Waals surface area contributed by atoms with Crippen molar-refractivity contribution in [3.05, 3.63) is 60.3 Å². The van der Waals surface area contributed by atoms with Gasteiger partial charge in [0, 0.05) is 41.6 Å². The molecule has 2 heterocycles. The smallest absolute Gasteiger partial charge is 0.243 e. The van der Waals surface area contributed by atoms with E-state index in [-0.39, 0.29) is 12.5 Å². The van der Waals surface area contributed by atoms with E-state index in [4.69, 9.17) is 0 Å². The van der Waals surface area contributed by atoms with Gasteiger partial charge in [0.1, 0.15) is 6.54 Å². The summed E-state index contributed by atoms with van der Waals surface area (Å²) in [6, 6.07) is 15.4. The van der Waals surface area contributed by atoms with Crippen LogP contribution in [-0.2, 0) is 27.8 Å². The van der Waals surface area contributed by atoms with E-state index in [1.807, 2.05) is 16.8 Å². The van der Waals surface area contributed by atoms with Gasteiger partial charge >= 0.3 is 0 Å². The Hall–Kier alpha value is -2.29. The molecule has 1 fully saturated rings. The molecule has 8 heteroatoms. The van der Waals surface area contributed by atoms with Crippen molar-refractivity contribution >= 4 is 38.6 Å². The molecule has 0 radical (unpaired) electrons. The number of fused-ring (bicyclic) bond motifs is 1. The third kappa shape index (κ3) is 5.62. The topological polar surface area (TPSA) is 71.4 Å². The number of carbonyl (C=O) groups is 1. The normalized spacial score (nSPS) is 15.7. The first kappa shape index (κ1) is 23.9. The summed E-state index contributed by atoms with van der Waals surface area (Å²) in [7, 11) is -3.49. The van der Waals surface area contributed by atoms with Crippen LogP contribution in [0.4, 0.5) is 0 Å². The van der Waals surface area contributed by atoms with Crippen LogP contribution in [0.3, 0.4) is 0 Å². The molecule has 0 bridgehead atoms. The monoisotopic (exact) mass is 485 g/mol. The Morgan fingerprint density at radius 1 is 1.09 bits per heavy atom. The number of benzene rings is 2. The summed E-state index contributed by atoms with van der Waals surface area (Å²) >= 11 is 1.71. The third-order valence-electron chi connectivity index (χ3n) is 6.33. The number of hydrogen-bond donors (Lipinski definition) is 1. The van der Waals surface area contributed by atoms with Gasteiger partial charge < -0.3 is 9.88 Å². The number of thioether (sulfide) groups is 1. The van der Waals surface area contributed by atoms with Crippen molar-refractivity contribution in [3.8, 4) is 0 Å². The Morgan fingerprint density at radius 2 is 1.82 bits per heavy atom. The number of carbonyl (C=O) groups excluding carboxylic acids is 1. The molecule has 1 saturated heterocycles. The van der Waals surface area contributed by atoms with Gasteiger partial charge in [0.25, 0.3) is 0 Å². The van der Waals surface area contributed by atoms with Crippen LogP contribution >= 0.6 is 11.8 Å². The molecule has 176 valence electrons. The highest BCUT2D eigenvalue weighted by atomic mass is 32.2. The highest BCUT2D eigenvalue weighted by molar-refractivity contribution is 7.98. The van der Waals surface area contributed by atoms with Crippen LogP contribution in [0.1, 0.15) is 25.3 Å². The average Bonchev–Trinajstić information content (AvgIpc) is 3.21. The molecule has 6 nitrogen and oxygen atoms in total. The van der Waals surface area contributed by atoms with Crippen molar-refractivity contribution in [1.82, 2.24) is 14.2 Å². The molecular weight excluding hydrogens is 454 g/mol. The number of sulfonamides is 1. The molecule has 0 saturated carbocycles. The lowest BCUT2D eigenvalue weighted by Gasteiger charge is -2.29. The highest BCUT2D eigenvalue weighted by Crippen LogP contribution is 2.26. The van der Waals surface area contributed by atoms with Gasteiger partial charge in [-0.25, -0.2) is 8.42 Å². The predicted octanol–water partition coefficient (Wildman–Crippen LogP) is 4.14. The molecule has 1 amide bonds. The molecule has 0 aliphatic carbocycles. The second kappa shape index (κ2) is 10.3. The summed E-state index contributed by atoms with van der Waals surface area (Å²) in [5, 5.41) is 3.80. The zero-order valence-electron chi connectivity index (χ0n) is 19.2. The van der Waals surface area contributed by atoms with Crippen LogP contribution in [0.25, 0.3) is 10.9 Å². The number of hydrogen-bond acceptors (Lipinski definition) is 4. The van der Waals surface area contributed by atoms with E-state index in [2.05, 4.69) is 42.8 Å². The second-order valence-corrected chi connectivity index (χ2v) is 11.5. The summed E-state index contributed by atoms with van der Waals surface area (Å²) < 4.78 is 29.5. The highest BCUT2D eigenvalue weighted by Gasteiger charge is 2.28. The van der Waals surface area contributed by atoms with Gasteiger partial charge in [0.15, 0.2) is 0 Å². The number of rotatable bonds is 8. The van der Waals surface area contributed by atoms with Gasteiger partial charge in [-0.2, -0.15) is 4.31 Å². The minimum Gasteiger partial charge on any atom is -0.354 e. The van der Waals surface area contributed by atoms with Crippen LogP contribution < -0.4 is 5.32 Å². The zero-order valence-corrected chi connectivity index (χ0v) is 20.8. The number of nitrogens with one attached hydrogen (secondary N) is 1. The van der Waals surface area contributed by atoms with Gasteiger partial charge in [-0.1, -0.05) is 19.1 Å². The lowest BCUT2D eigenvalue weighted by atomic mass is 10.0. The van der Waals surface area contributed by atoms with E-state index >= 15 is 0 Å². The molecule has 0 unspecified atom stereocenters. The minimum atomic E-state index is -3.49. The van der Waals surface area contributed by atoms with E-state index < -0.39 is 10.0 Å². The van der Waals surface area contributed by atoms with E-state index in [1.54, 1.807) is 34.3 Å². The van der Waals surface area contributed by atoms with Gasteiger partial charge in [-0.15, -0.1) is 11.8 Å². The SMILES string of the molecule is CSc1ccc(CCNC(=O)Cn2ccc3cc(S(=O)(=O)N4CCC(C)CC4)ccc32)cc1. The molecule has 3 aromatic rings. The zero-order chi connectivity index (χ0) is 23.4. The number of nitrogens with zero attached hydrogens (tertiary/aromatic N) is 2. The summed E-state index contributed by atoms with van der Waals surface area (Å²) in [4.78, 5) is 14.0. The van der Waals surface area contributed by atoms with E-state index in [0.717, 1.165) is 30.2 Å². The van der Waals surface area contributed by atoms with Crippen molar-refractivity contribution < 1.29 is 13.2 Å². The Morgan fingerprint density at radius 3 is 2.52 bits per heavy atom. The van der Waals surface area contributed by atoms with Crippen molar-refractivity contribution in [2.24, 2.45) is 5.92 Å². The molecule has 33 heavy (non-hydrogen) atoms. The van der Waals surface area contributed by atoms with Crippen LogP contribution in [0.2, 0.25) is 0 Å². The lowest BCUT2D eigenvalue weighted by Crippen LogP contribution is -2.37. The summed E-state index contributed by atoms with van der Waals surface area (Å²) in [5.74, 6) is 0.507. The molecule has 1 aliphatic heterocycles. The first-order chi connectivity index (χ1) is 15.9. The maximum absolute atomic E-state index is 13.0. The fraction of sp³-hybridized carbons (Fsp3) is 0.400. The van der Waals surface area contributed by atoms with Crippen LogP contribution in [0.5, 0.6) is 0 Å². The third-order valence-corrected chi connectivity index (χ3v) is 8.97. The average molecular weight is 486 g/mol. The molecular formula is C25H31N3O3S2. The Balaban J connectivity index is 1.37. The first-order valence-corrected chi connectivity index (χ1v) is 14.0. The maximum atomic E-state index is 13.0. The number of amides is 1. The number of aromatic nitrogens is 1. The van der Waals surface area contributed by atoms with Gasteiger partial charge in [-0.3, -0.25) is 4.79 Å². The van der Waals surface area contributed by atoms with Gasteiger partial charge in [0.2, 0.25) is 15.9 Å². The largest absolute Gasteiger partial charge is 0.354 e. The van der Waals surface area contributed by atoms with Crippen LogP contribution in [0, 0.1) is 5.92 Å². The van der Waals surface area contributed by atoms with Crippen LogP contribution in [0.15, 0.2) is 64.5 Å². The van der Waals surface area contributed by atoms with Crippen molar-refractivity contribution in [2.45, 2.75) is 42.5 Å². The minimum absolute atomic E-state index is 0.0626. The molecule has 4 rings (SSSR count). The molecule has 1 aliphatic rings.